The molecule has 0 atom stereocenters. The van der Waals surface area contributed by atoms with Gasteiger partial charge in [0.05, 0.1) is 38.1 Å². The van der Waals surface area contributed by atoms with Crippen LogP contribution >= 0.6 is 0 Å². The molecule has 0 spiro atoms. The Balaban J connectivity index is 2.11. The first-order valence-electron chi connectivity index (χ1n) is 6.20. The van der Waals surface area contributed by atoms with E-state index in [1.165, 1.54) is 0 Å². The van der Waals surface area contributed by atoms with Crippen molar-refractivity contribution in [3.05, 3.63) is 30.5 Å². The van der Waals surface area contributed by atoms with E-state index in [0.717, 1.165) is 22.3 Å². The van der Waals surface area contributed by atoms with Gasteiger partial charge in [0.25, 0.3) is 0 Å². The zero-order valence-corrected chi connectivity index (χ0v) is 10.9. The number of aliphatic hydroxyl groups is 1. The maximum Gasteiger partial charge on any atom is 0.121 e. The number of hydrogen-bond acceptors (Lipinski definition) is 5. The SMILES string of the molecule is COc1cc(NCCOCCO)c2ncccc2c1. The third-order valence-corrected chi connectivity index (χ3v) is 2.71. The van der Waals surface area contributed by atoms with Crippen LogP contribution in [-0.4, -0.2) is 43.6 Å². The van der Waals surface area contributed by atoms with Crippen LogP contribution in [0.15, 0.2) is 30.5 Å². The van der Waals surface area contributed by atoms with Crippen LogP contribution in [0.4, 0.5) is 5.69 Å². The van der Waals surface area contributed by atoms with Crippen molar-refractivity contribution in [1.82, 2.24) is 4.98 Å². The van der Waals surface area contributed by atoms with Gasteiger partial charge in [-0.3, -0.25) is 4.98 Å². The van der Waals surface area contributed by atoms with Crippen LogP contribution in [0.3, 0.4) is 0 Å². The average Bonchev–Trinajstić information content (AvgIpc) is 2.46. The molecule has 1 heterocycles. The maximum atomic E-state index is 8.62. The fourth-order valence-corrected chi connectivity index (χ4v) is 1.84. The molecule has 5 nitrogen and oxygen atoms in total. The van der Waals surface area contributed by atoms with Crippen LogP contribution in [0, 0.1) is 0 Å². The van der Waals surface area contributed by atoms with Crippen LogP contribution in [0.2, 0.25) is 0 Å². The smallest absolute Gasteiger partial charge is 0.121 e. The highest BCUT2D eigenvalue weighted by atomic mass is 16.5. The standard InChI is InChI=1S/C14H18N2O3/c1-18-12-9-11-3-2-4-16-14(11)13(10-12)15-5-7-19-8-6-17/h2-4,9-10,15,17H,5-8H2,1H3. The Labute approximate surface area is 112 Å². The minimum absolute atomic E-state index is 0.0453. The summed E-state index contributed by atoms with van der Waals surface area (Å²) in [7, 11) is 1.64. The third-order valence-electron chi connectivity index (χ3n) is 2.71. The van der Waals surface area contributed by atoms with Crippen molar-refractivity contribution in [3.63, 3.8) is 0 Å². The van der Waals surface area contributed by atoms with Gasteiger partial charge < -0.3 is 19.9 Å². The molecular weight excluding hydrogens is 244 g/mol. The van der Waals surface area contributed by atoms with Crippen LogP contribution in [-0.2, 0) is 4.74 Å². The quantitative estimate of drug-likeness (QED) is 0.743. The van der Waals surface area contributed by atoms with Crippen molar-refractivity contribution in [3.8, 4) is 5.75 Å². The van der Waals surface area contributed by atoms with E-state index in [1.807, 2.05) is 24.3 Å². The summed E-state index contributed by atoms with van der Waals surface area (Å²) in [6.07, 6.45) is 1.77. The Morgan fingerprint density at radius 1 is 1.32 bits per heavy atom. The van der Waals surface area contributed by atoms with Gasteiger partial charge in [-0.25, -0.2) is 0 Å². The van der Waals surface area contributed by atoms with Crippen LogP contribution in [0.25, 0.3) is 10.9 Å². The second-order valence-electron chi connectivity index (χ2n) is 4.01. The summed E-state index contributed by atoms with van der Waals surface area (Å²) in [5.41, 5.74) is 1.83. The maximum absolute atomic E-state index is 8.62. The Morgan fingerprint density at radius 2 is 2.21 bits per heavy atom. The predicted molar refractivity (Wildman–Crippen MR) is 74.7 cm³/mol. The molecule has 5 heteroatoms. The molecule has 1 aromatic heterocycles. The predicted octanol–water partition coefficient (Wildman–Crippen LogP) is 1.66. The molecule has 0 aliphatic carbocycles. The first-order chi connectivity index (χ1) is 9.35. The largest absolute Gasteiger partial charge is 0.497 e. The number of aromatic nitrogens is 1. The number of fused-ring (bicyclic) bond motifs is 1. The number of methoxy groups -OCH3 is 1. The Kier molecular flexibility index (Phi) is 4.94. The molecule has 0 amide bonds. The molecule has 2 aromatic rings. The van der Waals surface area contributed by atoms with Gasteiger partial charge in [-0.1, -0.05) is 6.07 Å². The van der Waals surface area contributed by atoms with Gasteiger partial charge in [0.15, 0.2) is 0 Å². The molecule has 2 rings (SSSR count). The van der Waals surface area contributed by atoms with Gasteiger partial charge in [0.1, 0.15) is 5.75 Å². The molecule has 0 fully saturated rings. The minimum atomic E-state index is 0.0453. The van der Waals surface area contributed by atoms with E-state index in [4.69, 9.17) is 14.6 Å². The summed E-state index contributed by atoms with van der Waals surface area (Å²) in [5, 5.41) is 12.9. The molecular formula is C14H18N2O3. The van der Waals surface area contributed by atoms with E-state index in [1.54, 1.807) is 13.3 Å². The summed E-state index contributed by atoms with van der Waals surface area (Å²) in [5.74, 6) is 0.791. The summed E-state index contributed by atoms with van der Waals surface area (Å²) in [4.78, 5) is 4.37. The van der Waals surface area contributed by atoms with Crippen molar-refractivity contribution < 1.29 is 14.6 Å². The first kappa shape index (κ1) is 13.6. The first-order valence-corrected chi connectivity index (χ1v) is 6.20. The molecule has 1 aromatic carbocycles. The highest BCUT2D eigenvalue weighted by Gasteiger charge is 2.05. The zero-order chi connectivity index (χ0) is 13.5. The number of hydrogen-bond donors (Lipinski definition) is 2. The molecule has 0 unspecified atom stereocenters. The fraction of sp³-hybridized carbons (Fsp3) is 0.357. The highest BCUT2D eigenvalue weighted by molar-refractivity contribution is 5.91. The molecule has 0 aliphatic rings. The number of nitrogens with one attached hydrogen (secondary N) is 1. The van der Waals surface area contributed by atoms with Crippen molar-refractivity contribution in [2.75, 3.05) is 38.8 Å². The number of nitrogens with zero attached hydrogens (tertiary/aromatic N) is 1. The second-order valence-corrected chi connectivity index (χ2v) is 4.01. The van der Waals surface area contributed by atoms with E-state index in [2.05, 4.69) is 10.3 Å². The summed E-state index contributed by atoms with van der Waals surface area (Å²) >= 11 is 0. The number of aliphatic hydroxyl groups excluding tert-OH is 1. The van der Waals surface area contributed by atoms with Gasteiger partial charge >= 0.3 is 0 Å². The Hall–Kier alpha value is -1.85. The lowest BCUT2D eigenvalue weighted by Gasteiger charge is -2.11. The Morgan fingerprint density at radius 3 is 3.00 bits per heavy atom. The second kappa shape index (κ2) is 6.92. The molecule has 2 N–H and O–H groups in total. The number of benzene rings is 1. The minimum Gasteiger partial charge on any atom is -0.497 e. The lowest BCUT2D eigenvalue weighted by molar-refractivity contribution is 0.0992. The molecule has 0 bridgehead atoms. The van der Waals surface area contributed by atoms with E-state index in [9.17, 15) is 0 Å². The average molecular weight is 262 g/mol. The van der Waals surface area contributed by atoms with Gasteiger partial charge in [0, 0.05) is 24.2 Å². The van der Waals surface area contributed by atoms with Crippen molar-refractivity contribution >= 4 is 16.6 Å². The monoisotopic (exact) mass is 262 g/mol. The molecule has 0 saturated carbocycles. The van der Waals surface area contributed by atoms with Gasteiger partial charge in [-0.2, -0.15) is 0 Å². The van der Waals surface area contributed by atoms with Gasteiger partial charge in [-0.05, 0) is 12.1 Å². The van der Waals surface area contributed by atoms with E-state index in [-0.39, 0.29) is 6.61 Å². The topological polar surface area (TPSA) is 63.6 Å². The molecule has 102 valence electrons. The molecule has 0 saturated heterocycles. The number of rotatable bonds is 7. The van der Waals surface area contributed by atoms with Gasteiger partial charge in [0.2, 0.25) is 0 Å². The normalized spacial score (nSPS) is 10.6. The van der Waals surface area contributed by atoms with Crippen LogP contribution < -0.4 is 10.1 Å². The Bertz CT molecular complexity index is 531. The summed E-state index contributed by atoms with van der Waals surface area (Å²) in [6, 6.07) is 7.77. The lowest BCUT2D eigenvalue weighted by Crippen LogP contribution is -2.11. The molecule has 0 radical (unpaired) electrons. The molecule has 0 aliphatic heterocycles. The van der Waals surface area contributed by atoms with E-state index in [0.29, 0.717) is 19.8 Å². The third kappa shape index (κ3) is 3.56. The lowest BCUT2D eigenvalue weighted by atomic mass is 10.2. The molecule has 19 heavy (non-hydrogen) atoms. The summed E-state index contributed by atoms with van der Waals surface area (Å²) < 4.78 is 10.5. The van der Waals surface area contributed by atoms with Crippen molar-refractivity contribution in [2.45, 2.75) is 0 Å². The van der Waals surface area contributed by atoms with Crippen LogP contribution in [0.5, 0.6) is 5.75 Å². The number of anilines is 1. The summed E-state index contributed by atoms with van der Waals surface area (Å²) in [6.45, 7) is 1.59. The highest BCUT2D eigenvalue weighted by Crippen LogP contribution is 2.27. The van der Waals surface area contributed by atoms with Crippen molar-refractivity contribution in [2.24, 2.45) is 0 Å². The van der Waals surface area contributed by atoms with Gasteiger partial charge in [-0.15, -0.1) is 0 Å². The zero-order valence-electron chi connectivity index (χ0n) is 10.9. The van der Waals surface area contributed by atoms with E-state index >= 15 is 0 Å². The number of pyridine rings is 1. The van der Waals surface area contributed by atoms with Crippen molar-refractivity contribution in [1.29, 1.82) is 0 Å². The fourth-order valence-electron chi connectivity index (χ4n) is 1.84. The van der Waals surface area contributed by atoms with Crippen LogP contribution in [0.1, 0.15) is 0 Å². The number of ether oxygens (including phenoxy) is 2. The van der Waals surface area contributed by atoms with E-state index < -0.39 is 0 Å².